The largest absolute Gasteiger partial charge is 2.00 e. The molecule has 0 aromatic heterocycles. The van der Waals surface area contributed by atoms with Crippen LogP contribution in [0.15, 0.2) is 0 Å². The van der Waals surface area contributed by atoms with Crippen LogP contribution in [0.1, 0.15) is 118 Å². The molecule has 0 saturated heterocycles. The molecule has 0 rings (SSSR count). The van der Waals surface area contributed by atoms with Crippen LogP contribution in [0.2, 0.25) is 0 Å². The predicted molar refractivity (Wildman–Crippen MR) is 104 cm³/mol. The van der Waals surface area contributed by atoms with Gasteiger partial charge >= 0.3 is 19.5 Å². The van der Waals surface area contributed by atoms with Crippen LogP contribution in [0.25, 0.3) is 0 Å². The van der Waals surface area contributed by atoms with Crippen molar-refractivity contribution in [3.63, 3.8) is 0 Å². The second-order valence-corrected chi connectivity index (χ2v) is 8.14. The normalized spacial score (nSPS) is 10.3. The Bertz CT molecular complexity index is 298. The average molecular weight is 436 g/mol. The molecule has 0 aromatic rings. The molecule has 0 heterocycles. The number of hydrogen-bond donors (Lipinski definition) is 0. The van der Waals surface area contributed by atoms with Gasteiger partial charge in [0, 0.05) is 11.9 Å². The number of carboxylic acid groups (broad SMARTS) is 2. The van der Waals surface area contributed by atoms with Gasteiger partial charge in [-0.3, -0.25) is 0 Å². The standard InChI is InChI=1S/2C11H22O2.Zn/c2*1-10(2)8-6-4-3-5-7-9-11(12)13;/h2*10H,3-9H2,1-2H3,(H,12,13);/q;;+2/p-2. The van der Waals surface area contributed by atoms with E-state index >= 15 is 0 Å². The Labute approximate surface area is 180 Å². The summed E-state index contributed by atoms with van der Waals surface area (Å²) in [5.74, 6) is -0.240. The van der Waals surface area contributed by atoms with E-state index in [1.165, 1.54) is 51.4 Å². The van der Waals surface area contributed by atoms with Crippen molar-refractivity contribution in [2.24, 2.45) is 11.8 Å². The van der Waals surface area contributed by atoms with Crippen LogP contribution in [0.3, 0.4) is 0 Å². The number of aliphatic carboxylic acids is 2. The average Bonchev–Trinajstić information content (AvgIpc) is 2.52. The summed E-state index contributed by atoms with van der Waals surface area (Å²) < 4.78 is 0. The molecule has 0 radical (unpaired) electrons. The van der Waals surface area contributed by atoms with Crippen molar-refractivity contribution < 1.29 is 39.3 Å². The molecular weight excluding hydrogens is 394 g/mol. The van der Waals surface area contributed by atoms with Crippen LogP contribution in [-0.4, -0.2) is 11.9 Å². The van der Waals surface area contributed by atoms with Gasteiger partial charge in [-0.15, -0.1) is 0 Å². The molecule has 0 atom stereocenters. The van der Waals surface area contributed by atoms with Crippen LogP contribution in [0.5, 0.6) is 0 Å². The first-order valence-corrected chi connectivity index (χ1v) is 10.6. The molecule has 156 valence electrons. The van der Waals surface area contributed by atoms with E-state index in [0.29, 0.717) is 0 Å². The van der Waals surface area contributed by atoms with Crippen molar-refractivity contribution in [2.75, 3.05) is 0 Å². The molecule has 0 unspecified atom stereocenters. The SMILES string of the molecule is CC(C)CCCCCCCC(=O)[O-].CC(C)CCCCCCCC(=O)[O-].[Zn+2]. The minimum Gasteiger partial charge on any atom is -0.550 e. The summed E-state index contributed by atoms with van der Waals surface area (Å²) in [6.45, 7) is 8.93. The van der Waals surface area contributed by atoms with Gasteiger partial charge in [0.25, 0.3) is 0 Å². The van der Waals surface area contributed by atoms with Crippen molar-refractivity contribution >= 4 is 11.9 Å². The van der Waals surface area contributed by atoms with Gasteiger partial charge in [-0.1, -0.05) is 91.9 Å². The van der Waals surface area contributed by atoms with Gasteiger partial charge in [0.1, 0.15) is 0 Å². The van der Waals surface area contributed by atoms with E-state index < -0.39 is 11.9 Å². The summed E-state index contributed by atoms with van der Waals surface area (Å²) >= 11 is 0. The molecule has 0 fully saturated rings. The van der Waals surface area contributed by atoms with Gasteiger partial charge < -0.3 is 19.8 Å². The Hall–Kier alpha value is -0.437. The molecule has 0 aromatic carbocycles. The molecule has 0 aliphatic carbocycles. The van der Waals surface area contributed by atoms with E-state index in [2.05, 4.69) is 27.7 Å². The van der Waals surface area contributed by atoms with E-state index in [1.54, 1.807) is 0 Å². The minimum absolute atomic E-state index is 0. The van der Waals surface area contributed by atoms with Crippen LogP contribution in [-0.2, 0) is 29.1 Å². The van der Waals surface area contributed by atoms with Crippen molar-refractivity contribution in [1.82, 2.24) is 0 Å². The van der Waals surface area contributed by atoms with Crippen LogP contribution < -0.4 is 10.2 Å². The molecule has 4 nitrogen and oxygen atoms in total. The zero-order valence-electron chi connectivity index (χ0n) is 18.4. The first kappa shape index (κ1) is 31.3. The van der Waals surface area contributed by atoms with Crippen molar-refractivity contribution in [3.8, 4) is 0 Å². The number of carbonyl (C=O) groups excluding carboxylic acids is 2. The maximum absolute atomic E-state index is 10.1. The molecule has 0 saturated carbocycles. The topological polar surface area (TPSA) is 80.3 Å². The number of carboxylic acids is 2. The summed E-state index contributed by atoms with van der Waals surface area (Å²) in [5, 5.41) is 20.1. The Morgan fingerprint density at radius 2 is 0.815 bits per heavy atom. The molecule has 0 amide bonds. The van der Waals surface area contributed by atoms with Gasteiger partial charge in [-0.05, 0) is 37.5 Å². The fourth-order valence-corrected chi connectivity index (χ4v) is 2.70. The Kier molecular flexibility index (Phi) is 27.3. The summed E-state index contributed by atoms with van der Waals surface area (Å²) in [4.78, 5) is 20.1. The zero-order chi connectivity index (χ0) is 20.2. The van der Waals surface area contributed by atoms with Crippen LogP contribution in [0, 0.1) is 11.8 Å². The van der Waals surface area contributed by atoms with Crippen molar-refractivity contribution in [3.05, 3.63) is 0 Å². The number of unbranched alkanes of at least 4 members (excludes halogenated alkanes) is 8. The number of carbonyl (C=O) groups is 2. The van der Waals surface area contributed by atoms with Gasteiger partial charge in [0.2, 0.25) is 0 Å². The third-order valence-electron chi connectivity index (χ3n) is 4.32. The van der Waals surface area contributed by atoms with E-state index in [-0.39, 0.29) is 32.3 Å². The Morgan fingerprint density at radius 3 is 1.07 bits per heavy atom. The quantitative estimate of drug-likeness (QED) is 0.268. The molecule has 0 bridgehead atoms. The number of rotatable bonds is 16. The maximum atomic E-state index is 10.1. The van der Waals surface area contributed by atoms with Crippen LogP contribution >= 0.6 is 0 Å². The van der Waals surface area contributed by atoms with Crippen LogP contribution in [0.4, 0.5) is 0 Å². The third-order valence-corrected chi connectivity index (χ3v) is 4.32. The Morgan fingerprint density at radius 1 is 0.556 bits per heavy atom. The zero-order valence-corrected chi connectivity index (χ0v) is 21.4. The summed E-state index contributed by atoms with van der Waals surface area (Å²) in [7, 11) is 0. The van der Waals surface area contributed by atoms with E-state index in [9.17, 15) is 19.8 Å². The summed E-state index contributed by atoms with van der Waals surface area (Å²) in [6, 6.07) is 0. The van der Waals surface area contributed by atoms with Crippen molar-refractivity contribution in [2.45, 2.75) is 118 Å². The predicted octanol–water partition coefficient (Wildman–Crippen LogP) is 4.24. The van der Waals surface area contributed by atoms with E-state index in [1.807, 2.05) is 0 Å². The van der Waals surface area contributed by atoms with Gasteiger partial charge in [-0.2, -0.15) is 0 Å². The molecule has 0 aliphatic heterocycles. The molecule has 5 heteroatoms. The molecule has 0 spiro atoms. The smallest absolute Gasteiger partial charge is 0.550 e. The second-order valence-electron chi connectivity index (χ2n) is 8.14. The van der Waals surface area contributed by atoms with E-state index in [0.717, 1.165) is 37.5 Å². The van der Waals surface area contributed by atoms with E-state index in [4.69, 9.17) is 0 Å². The second kappa shape index (κ2) is 23.6. The summed E-state index contributed by atoms with van der Waals surface area (Å²) in [5.41, 5.74) is 0. The first-order chi connectivity index (χ1) is 12.3. The monoisotopic (exact) mass is 434 g/mol. The van der Waals surface area contributed by atoms with Gasteiger partial charge in [0.05, 0.1) is 0 Å². The molecular formula is C22H42O4Zn. The van der Waals surface area contributed by atoms with Gasteiger partial charge in [0.15, 0.2) is 0 Å². The fraction of sp³-hybridized carbons (Fsp3) is 0.909. The molecule has 0 aliphatic rings. The minimum atomic E-state index is -0.915. The third kappa shape index (κ3) is 37.1. The molecule has 27 heavy (non-hydrogen) atoms. The maximum Gasteiger partial charge on any atom is 2.00 e. The fourth-order valence-electron chi connectivity index (χ4n) is 2.70. The van der Waals surface area contributed by atoms with Gasteiger partial charge in [-0.25, -0.2) is 0 Å². The first-order valence-electron chi connectivity index (χ1n) is 10.6. The molecule has 0 N–H and O–H groups in total. The number of hydrogen-bond acceptors (Lipinski definition) is 4. The summed E-state index contributed by atoms with van der Waals surface area (Å²) in [6.07, 6.45) is 14.0. The van der Waals surface area contributed by atoms with Crippen molar-refractivity contribution in [1.29, 1.82) is 0 Å². The Balaban J connectivity index is -0.000000411.